The lowest BCUT2D eigenvalue weighted by Crippen LogP contribution is -2.33. The van der Waals surface area contributed by atoms with E-state index in [2.05, 4.69) is 0 Å². The molecule has 1 atom stereocenters. The summed E-state index contributed by atoms with van der Waals surface area (Å²) in [7, 11) is 0. The molecule has 3 nitrogen and oxygen atoms in total. The Balaban J connectivity index is 2.08. The number of rotatable bonds is 1. The molecule has 0 fully saturated rings. The molecule has 0 spiro atoms. The highest BCUT2D eigenvalue weighted by Crippen LogP contribution is 2.36. The fourth-order valence-electron chi connectivity index (χ4n) is 2.52. The maximum Gasteiger partial charge on any atom is 0.148 e. The van der Waals surface area contributed by atoms with E-state index in [0.29, 0.717) is 16.4 Å². The van der Waals surface area contributed by atoms with Crippen molar-refractivity contribution in [3.8, 4) is 0 Å². The first-order chi connectivity index (χ1) is 9.99. The van der Waals surface area contributed by atoms with Crippen LogP contribution < -0.4 is 16.4 Å². The van der Waals surface area contributed by atoms with Gasteiger partial charge in [-0.25, -0.2) is 4.39 Å². The molecule has 0 saturated heterocycles. The lowest BCUT2D eigenvalue weighted by atomic mass is 9.96. The monoisotopic (exact) mass is 303 g/mol. The second kappa shape index (κ2) is 5.06. The van der Waals surface area contributed by atoms with Crippen molar-refractivity contribution in [2.75, 3.05) is 10.6 Å². The number of nitrogens with two attached hydrogens (primary N) is 2. The van der Waals surface area contributed by atoms with Gasteiger partial charge in [-0.3, -0.25) is 0 Å². The van der Waals surface area contributed by atoms with Crippen LogP contribution in [-0.2, 0) is 0 Å². The van der Waals surface area contributed by atoms with Crippen molar-refractivity contribution in [1.82, 2.24) is 0 Å². The van der Waals surface area contributed by atoms with Gasteiger partial charge in [-0.1, -0.05) is 23.7 Å². The molecule has 0 amide bonds. The van der Waals surface area contributed by atoms with Crippen LogP contribution in [0.25, 0.3) is 6.08 Å². The van der Waals surface area contributed by atoms with Gasteiger partial charge in [0.15, 0.2) is 0 Å². The van der Waals surface area contributed by atoms with E-state index in [4.69, 9.17) is 23.1 Å². The smallest absolute Gasteiger partial charge is 0.148 e. The predicted octanol–water partition coefficient (Wildman–Crippen LogP) is 3.82. The molecule has 0 aromatic heterocycles. The van der Waals surface area contributed by atoms with Crippen molar-refractivity contribution in [1.29, 1.82) is 0 Å². The van der Waals surface area contributed by atoms with Gasteiger partial charge in [0.1, 0.15) is 12.0 Å². The van der Waals surface area contributed by atoms with E-state index in [1.165, 1.54) is 6.07 Å². The summed E-state index contributed by atoms with van der Waals surface area (Å²) in [6.45, 7) is 1.94. The number of fused-ring (bicyclic) bond motifs is 1. The first-order valence-corrected chi connectivity index (χ1v) is 6.93. The molecule has 1 heterocycles. The summed E-state index contributed by atoms with van der Waals surface area (Å²) in [5.41, 5.74) is 16.2. The fraction of sp³-hybridized carbons (Fsp3) is 0.125. The van der Waals surface area contributed by atoms with E-state index in [1.54, 1.807) is 23.2 Å². The molecule has 0 radical (unpaired) electrons. The summed E-state index contributed by atoms with van der Waals surface area (Å²) in [5.74, 6) is -0.411. The number of benzene rings is 2. The number of anilines is 2. The van der Waals surface area contributed by atoms with Crippen LogP contribution in [0, 0.1) is 12.7 Å². The van der Waals surface area contributed by atoms with E-state index < -0.39 is 12.0 Å². The van der Waals surface area contributed by atoms with E-state index in [0.717, 1.165) is 16.7 Å². The van der Waals surface area contributed by atoms with Crippen LogP contribution in [0.15, 0.2) is 36.5 Å². The van der Waals surface area contributed by atoms with Gasteiger partial charge in [-0.15, -0.1) is 0 Å². The second-order valence-corrected chi connectivity index (χ2v) is 5.50. The zero-order valence-electron chi connectivity index (χ0n) is 11.5. The van der Waals surface area contributed by atoms with Gasteiger partial charge in [-0.2, -0.15) is 0 Å². The number of hydrogen-bond acceptors (Lipinski definition) is 3. The molecular weight excluding hydrogens is 289 g/mol. The Morgan fingerprint density at radius 2 is 2.00 bits per heavy atom. The summed E-state index contributed by atoms with van der Waals surface area (Å²) >= 11 is 5.79. The summed E-state index contributed by atoms with van der Waals surface area (Å²) in [6, 6.07) is 8.38. The van der Waals surface area contributed by atoms with Crippen LogP contribution >= 0.6 is 11.6 Å². The van der Waals surface area contributed by atoms with Crippen molar-refractivity contribution in [2.24, 2.45) is 5.73 Å². The minimum Gasteiger partial charge on any atom is -0.398 e. The van der Waals surface area contributed by atoms with E-state index in [-0.39, 0.29) is 0 Å². The molecule has 108 valence electrons. The van der Waals surface area contributed by atoms with Crippen molar-refractivity contribution in [3.05, 3.63) is 64.1 Å². The Morgan fingerprint density at radius 3 is 2.71 bits per heavy atom. The normalized spacial score (nSPS) is 17.0. The van der Waals surface area contributed by atoms with E-state index in [1.807, 2.05) is 25.1 Å². The van der Waals surface area contributed by atoms with Crippen LogP contribution in [0.3, 0.4) is 0 Å². The van der Waals surface area contributed by atoms with Crippen LogP contribution in [0.4, 0.5) is 15.8 Å². The average Bonchev–Trinajstić information content (AvgIpc) is 2.44. The molecule has 0 bridgehead atoms. The van der Waals surface area contributed by atoms with Gasteiger partial charge in [0.2, 0.25) is 0 Å². The molecule has 4 N–H and O–H groups in total. The minimum atomic E-state index is -0.497. The van der Waals surface area contributed by atoms with Gasteiger partial charge in [-0.05, 0) is 42.3 Å². The van der Waals surface area contributed by atoms with Crippen LogP contribution in [0.5, 0.6) is 0 Å². The van der Waals surface area contributed by atoms with Crippen molar-refractivity contribution < 1.29 is 4.39 Å². The Hall–Kier alpha value is -2.04. The first-order valence-electron chi connectivity index (χ1n) is 6.55. The molecule has 1 aliphatic rings. The van der Waals surface area contributed by atoms with Gasteiger partial charge >= 0.3 is 0 Å². The SMILES string of the molecule is Cc1ccc2c(c1N)C=CN(c1ccc(Cl)cc1F)C2N. The zero-order valence-corrected chi connectivity index (χ0v) is 12.2. The standard InChI is InChI=1S/C16H15ClFN3/c1-9-2-4-12-11(15(9)19)6-7-21(16(12)20)14-5-3-10(17)8-13(14)18/h2-8,16H,19-20H2,1H3. The Bertz CT molecular complexity index is 743. The molecule has 1 unspecified atom stereocenters. The van der Waals surface area contributed by atoms with Gasteiger partial charge < -0.3 is 16.4 Å². The maximum atomic E-state index is 14.1. The molecule has 5 heteroatoms. The van der Waals surface area contributed by atoms with Crippen LogP contribution in [-0.4, -0.2) is 0 Å². The molecule has 0 saturated carbocycles. The molecule has 0 aliphatic carbocycles. The number of halogens is 2. The van der Waals surface area contributed by atoms with Crippen molar-refractivity contribution >= 4 is 29.1 Å². The molecule has 21 heavy (non-hydrogen) atoms. The Kier molecular flexibility index (Phi) is 3.35. The predicted molar refractivity (Wildman–Crippen MR) is 85.4 cm³/mol. The van der Waals surface area contributed by atoms with Gasteiger partial charge in [0, 0.05) is 22.5 Å². The van der Waals surface area contributed by atoms with Crippen LogP contribution in [0.2, 0.25) is 5.02 Å². The average molecular weight is 304 g/mol. The largest absolute Gasteiger partial charge is 0.398 e. The summed E-state index contributed by atoms with van der Waals surface area (Å²) in [5, 5.41) is 0.353. The first kappa shape index (κ1) is 13.9. The molecule has 3 rings (SSSR count). The van der Waals surface area contributed by atoms with Crippen molar-refractivity contribution in [3.63, 3.8) is 0 Å². The maximum absolute atomic E-state index is 14.1. The van der Waals surface area contributed by atoms with Crippen LogP contribution in [0.1, 0.15) is 22.9 Å². The number of nitrogens with zero attached hydrogens (tertiary/aromatic N) is 1. The van der Waals surface area contributed by atoms with Gasteiger partial charge in [0.25, 0.3) is 0 Å². The van der Waals surface area contributed by atoms with E-state index >= 15 is 0 Å². The van der Waals surface area contributed by atoms with Gasteiger partial charge in [0.05, 0.1) is 5.69 Å². The number of hydrogen-bond donors (Lipinski definition) is 2. The zero-order chi connectivity index (χ0) is 15.1. The highest BCUT2D eigenvalue weighted by molar-refractivity contribution is 6.30. The Labute approximate surface area is 127 Å². The molecular formula is C16H15ClFN3. The topological polar surface area (TPSA) is 55.3 Å². The third-order valence-electron chi connectivity index (χ3n) is 3.75. The highest BCUT2D eigenvalue weighted by Gasteiger charge is 2.24. The quantitative estimate of drug-likeness (QED) is 0.788. The lowest BCUT2D eigenvalue weighted by Gasteiger charge is -2.33. The fourth-order valence-corrected chi connectivity index (χ4v) is 2.68. The molecule has 2 aromatic carbocycles. The second-order valence-electron chi connectivity index (χ2n) is 5.06. The third kappa shape index (κ3) is 2.26. The third-order valence-corrected chi connectivity index (χ3v) is 3.98. The number of aryl methyl sites for hydroxylation is 1. The number of nitrogen functional groups attached to an aromatic ring is 1. The highest BCUT2D eigenvalue weighted by atomic mass is 35.5. The summed E-state index contributed by atoms with van der Waals surface area (Å²) < 4.78 is 14.1. The van der Waals surface area contributed by atoms with Crippen molar-refractivity contribution in [2.45, 2.75) is 13.1 Å². The Morgan fingerprint density at radius 1 is 1.24 bits per heavy atom. The molecule has 2 aromatic rings. The lowest BCUT2D eigenvalue weighted by molar-refractivity contribution is 0.611. The minimum absolute atomic E-state index is 0.353. The summed E-state index contributed by atoms with van der Waals surface area (Å²) in [6.07, 6.45) is 3.10. The summed E-state index contributed by atoms with van der Waals surface area (Å²) in [4.78, 5) is 1.67. The van der Waals surface area contributed by atoms with E-state index in [9.17, 15) is 4.39 Å². The molecule has 1 aliphatic heterocycles.